The number of aromatic nitrogens is 2. The maximum Gasteiger partial charge on any atom is 0.264 e. The zero-order chi connectivity index (χ0) is 11.7. The fourth-order valence-corrected chi connectivity index (χ4v) is 1.81. The normalized spacial score (nSPS) is 10.4. The summed E-state index contributed by atoms with van der Waals surface area (Å²) in [7, 11) is 0. The molecule has 1 aromatic carbocycles. The van der Waals surface area contributed by atoms with Crippen LogP contribution in [0.15, 0.2) is 29.1 Å². The predicted octanol–water partition coefficient (Wildman–Crippen LogP) is 2.88. The Hall–Kier alpha value is -1.39. The first-order valence-electron chi connectivity index (χ1n) is 4.29. The van der Waals surface area contributed by atoms with E-state index in [2.05, 4.69) is 10.2 Å². The minimum Gasteiger partial charge on any atom is -0.268 e. The van der Waals surface area contributed by atoms with Gasteiger partial charge in [-0.3, -0.25) is 4.79 Å². The Morgan fingerprint density at radius 3 is 2.56 bits per heavy atom. The third-order valence-corrected chi connectivity index (χ3v) is 2.66. The Labute approximate surface area is 99.8 Å². The third kappa shape index (κ3) is 1.94. The molecule has 0 saturated carbocycles. The van der Waals surface area contributed by atoms with Gasteiger partial charge in [-0.1, -0.05) is 23.2 Å². The molecular formula is C10H5Cl2FN2O. The molecule has 16 heavy (non-hydrogen) atoms. The van der Waals surface area contributed by atoms with Crippen LogP contribution in [0.25, 0.3) is 11.3 Å². The van der Waals surface area contributed by atoms with Gasteiger partial charge in [0.1, 0.15) is 5.82 Å². The van der Waals surface area contributed by atoms with Crippen LogP contribution in [0.2, 0.25) is 10.0 Å². The van der Waals surface area contributed by atoms with E-state index in [9.17, 15) is 9.18 Å². The summed E-state index contributed by atoms with van der Waals surface area (Å²) in [5, 5.41) is 6.12. The zero-order valence-corrected chi connectivity index (χ0v) is 9.31. The summed E-state index contributed by atoms with van der Waals surface area (Å²) < 4.78 is 13.2. The van der Waals surface area contributed by atoms with E-state index in [1.54, 1.807) is 0 Å². The molecule has 0 radical (unpaired) electrons. The van der Waals surface area contributed by atoms with Crippen molar-refractivity contribution in [2.75, 3.05) is 0 Å². The third-order valence-electron chi connectivity index (χ3n) is 1.98. The molecule has 0 unspecified atom stereocenters. The van der Waals surface area contributed by atoms with E-state index < -0.39 is 5.82 Å². The van der Waals surface area contributed by atoms with Crippen LogP contribution in [0.5, 0.6) is 0 Å². The standard InChI is InChI=1S/C10H5Cl2FN2O/c11-5-1-2-6(13)10(12)9(5)7-3-4-8(16)15-14-7/h1-4H,(H,15,16). The van der Waals surface area contributed by atoms with Crippen molar-refractivity contribution in [3.63, 3.8) is 0 Å². The molecule has 2 rings (SSSR count). The van der Waals surface area contributed by atoms with E-state index in [1.807, 2.05) is 0 Å². The fourth-order valence-electron chi connectivity index (χ4n) is 1.25. The van der Waals surface area contributed by atoms with E-state index in [0.29, 0.717) is 5.69 Å². The molecule has 0 aliphatic heterocycles. The van der Waals surface area contributed by atoms with Gasteiger partial charge in [-0.2, -0.15) is 5.10 Å². The molecular weight excluding hydrogens is 254 g/mol. The van der Waals surface area contributed by atoms with Gasteiger partial charge in [-0.15, -0.1) is 0 Å². The molecule has 0 atom stereocenters. The largest absolute Gasteiger partial charge is 0.268 e. The van der Waals surface area contributed by atoms with Gasteiger partial charge in [0.25, 0.3) is 5.56 Å². The molecule has 1 aromatic heterocycles. The van der Waals surface area contributed by atoms with Crippen molar-refractivity contribution in [1.29, 1.82) is 0 Å². The van der Waals surface area contributed by atoms with Crippen LogP contribution < -0.4 is 5.56 Å². The smallest absolute Gasteiger partial charge is 0.264 e. The van der Waals surface area contributed by atoms with Gasteiger partial charge in [0.05, 0.1) is 15.7 Å². The first-order valence-corrected chi connectivity index (χ1v) is 5.05. The molecule has 0 fully saturated rings. The molecule has 0 aliphatic carbocycles. The van der Waals surface area contributed by atoms with Crippen LogP contribution in [-0.4, -0.2) is 10.2 Å². The fraction of sp³-hybridized carbons (Fsp3) is 0. The average molecular weight is 259 g/mol. The maximum atomic E-state index is 13.2. The summed E-state index contributed by atoms with van der Waals surface area (Å²) >= 11 is 11.7. The Balaban J connectivity index is 2.68. The van der Waals surface area contributed by atoms with Crippen molar-refractivity contribution in [2.45, 2.75) is 0 Å². The number of aromatic amines is 1. The summed E-state index contributed by atoms with van der Waals surface area (Å²) in [6, 6.07) is 5.23. The van der Waals surface area contributed by atoms with Gasteiger partial charge in [-0.25, -0.2) is 9.49 Å². The first kappa shape index (κ1) is 11.1. The van der Waals surface area contributed by atoms with Crippen molar-refractivity contribution in [2.24, 2.45) is 0 Å². The van der Waals surface area contributed by atoms with Crippen LogP contribution in [0.3, 0.4) is 0 Å². The highest BCUT2D eigenvalue weighted by Gasteiger charge is 2.13. The molecule has 6 heteroatoms. The van der Waals surface area contributed by atoms with Crippen molar-refractivity contribution in [3.05, 3.63) is 50.5 Å². The van der Waals surface area contributed by atoms with Gasteiger partial charge in [0.2, 0.25) is 0 Å². The van der Waals surface area contributed by atoms with Crippen molar-refractivity contribution in [3.8, 4) is 11.3 Å². The van der Waals surface area contributed by atoms with Gasteiger partial charge in [0.15, 0.2) is 0 Å². The van der Waals surface area contributed by atoms with Crippen LogP contribution in [-0.2, 0) is 0 Å². The van der Waals surface area contributed by atoms with Crippen LogP contribution >= 0.6 is 23.2 Å². The topological polar surface area (TPSA) is 45.8 Å². The highest BCUT2D eigenvalue weighted by molar-refractivity contribution is 6.39. The quantitative estimate of drug-likeness (QED) is 0.800. The Bertz CT molecular complexity index is 577. The van der Waals surface area contributed by atoms with E-state index in [0.717, 1.165) is 0 Å². The molecule has 0 saturated heterocycles. The van der Waals surface area contributed by atoms with Crippen LogP contribution in [0.4, 0.5) is 4.39 Å². The first-order chi connectivity index (χ1) is 7.59. The summed E-state index contributed by atoms with van der Waals surface area (Å²) in [6.07, 6.45) is 0. The number of nitrogens with zero attached hydrogens (tertiary/aromatic N) is 1. The lowest BCUT2D eigenvalue weighted by molar-refractivity contribution is 0.628. The lowest BCUT2D eigenvalue weighted by Crippen LogP contribution is -2.06. The van der Waals surface area contributed by atoms with E-state index in [4.69, 9.17) is 23.2 Å². The minimum atomic E-state index is -0.589. The molecule has 0 amide bonds. The van der Waals surface area contributed by atoms with E-state index >= 15 is 0 Å². The van der Waals surface area contributed by atoms with Crippen molar-refractivity contribution >= 4 is 23.2 Å². The van der Waals surface area contributed by atoms with Crippen LogP contribution in [0.1, 0.15) is 0 Å². The molecule has 2 aromatic rings. The molecule has 82 valence electrons. The van der Waals surface area contributed by atoms with E-state index in [1.165, 1.54) is 24.3 Å². The Morgan fingerprint density at radius 2 is 1.94 bits per heavy atom. The molecule has 1 N–H and O–H groups in total. The second-order valence-electron chi connectivity index (χ2n) is 3.02. The minimum absolute atomic E-state index is 0.118. The number of rotatable bonds is 1. The van der Waals surface area contributed by atoms with Crippen LogP contribution in [0, 0.1) is 5.82 Å². The Kier molecular flexibility index (Phi) is 2.94. The number of benzene rings is 1. The Morgan fingerprint density at radius 1 is 1.19 bits per heavy atom. The molecule has 0 spiro atoms. The molecule has 0 bridgehead atoms. The lowest BCUT2D eigenvalue weighted by Gasteiger charge is -2.05. The number of halogens is 3. The van der Waals surface area contributed by atoms with Crippen molar-refractivity contribution < 1.29 is 4.39 Å². The summed E-state index contributed by atoms with van der Waals surface area (Å²) in [5.74, 6) is -0.589. The summed E-state index contributed by atoms with van der Waals surface area (Å²) in [6.45, 7) is 0. The maximum absolute atomic E-state index is 13.2. The van der Waals surface area contributed by atoms with Gasteiger partial charge in [-0.05, 0) is 18.2 Å². The monoisotopic (exact) mass is 258 g/mol. The van der Waals surface area contributed by atoms with Gasteiger partial charge < -0.3 is 0 Å². The summed E-state index contributed by atoms with van der Waals surface area (Å²) in [5.41, 5.74) is 0.223. The van der Waals surface area contributed by atoms with E-state index in [-0.39, 0.29) is 21.2 Å². The van der Waals surface area contributed by atoms with Gasteiger partial charge in [0, 0.05) is 11.6 Å². The molecule has 0 aliphatic rings. The number of hydrogen-bond donors (Lipinski definition) is 1. The predicted molar refractivity (Wildman–Crippen MR) is 60.3 cm³/mol. The highest BCUT2D eigenvalue weighted by Crippen LogP contribution is 2.34. The zero-order valence-electron chi connectivity index (χ0n) is 7.80. The number of hydrogen-bond acceptors (Lipinski definition) is 2. The lowest BCUT2D eigenvalue weighted by atomic mass is 10.1. The van der Waals surface area contributed by atoms with Crippen molar-refractivity contribution in [1.82, 2.24) is 10.2 Å². The molecule has 3 nitrogen and oxygen atoms in total. The second-order valence-corrected chi connectivity index (χ2v) is 3.81. The summed E-state index contributed by atoms with van der Waals surface area (Å²) in [4.78, 5) is 10.8. The SMILES string of the molecule is O=c1ccc(-c2c(Cl)ccc(F)c2Cl)n[nH]1. The highest BCUT2D eigenvalue weighted by atomic mass is 35.5. The number of H-pyrrole nitrogens is 1. The van der Waals surface area contributed by atoms with Gasteiger partial charge >= 0.3 is 0 Å². The number of nitrogens with one attached hydrogen (secondary N) is 1. The molecule has 1 heterocycles. The average Bonchev–Trinajstić information content (AvgIpc) is 2.27. The second kappa shape index (κ2) is 4.23.